The fourth-order valence-electron chi connectivity index (χ4n) is 2.68. The van der Waals surface area contributed by atoms with E-state index in [1.165, 1.54) is 12.6 Å². The lowest BCUT2D eigenvalue weighted by atomic mass is 9.96. The Labute approximate surface area is 147 Å². The highest BCUT2D eigenvalue weighted by molar-refractivity contribution is 6.30. The maximum atomic E-state index is 11.5. The van der Waals surface area contributed by atoms with E-state index in [2.05, 4.69) is 27.7 Å². The van der Waals surface area contributed by atoms with E-state index >= 15 is 0 Å². The van der Waals surface area contributed by atoms with Crippen molar-refractivity contribution in [1.82, 2.24) is 15.5 Å². The number of carbonyl (C=O) groups is 2. The number of nitrogens with one attached hydrogen (secondary N) is 2. The summed E-state index contributed by atoms with van der Waals surface area (Å²) in [5.41, 5.74) is 1.26. The third-order valence-corrected chi connectivity index (χ3v) is 4.43. The molecule has 0 saturated carbocycles. The minimum Gasteiger partial charge on any atom is -0.439 e. The molecule has 2 rings (SSSR count). The molecule has 1 saturated heterocycles. The number of likely N-dealkylation sites (N-methyl/N-ethyl adjacent to an activating group) is 1. The Morgan fingerprint density at radius 3 is 2.54 bits per heavy atom. The minimum absolute atomic E-state index is 0.248. The topological polar surface area (TPSA) is 70.7 Å². The predicted molar refractivity (Wildman–Crippen MR) is 92.9 cm³/mol. The van der Waals surface area contributed by atoms with Crippen LogP contribution >= 0.6 is 11.6 Å². The molecule has 0 aromatic heterocycles. The summed E-state index contributed by atoms with van der Waals surface area (Å²) < 4.78 is 4.81. The van der Waals surface area contributed by atoms with Crippen LogP contribution in [0.4, 0.5) is 4.79 Å². The van der Waals surface area contributed by atoms with Gasteiger partial charge in [-0.3, -0.25) is 9.69 Å². The number of amides is 2. The molecule has 1 fully saturated rings. The van der Waals surface area contributed by atoms with Gasteiger partial charge in [-0.15, -0.1) is 0 Å². The maximum absolute atomic E-state index is 11.5. The summed E-state index contributed by atoms with van der Waals surface area (Å²) in [5, 5.41) is 5.88. The van der Waals surface area contributed by atoms with E-state index < -0.39 is 6.09 Å². The fraction of sp³-hybridized carbons (Fsp3) is 0.529. The van der Waals surface area contributed by atoms with Crippen molar-refractivity contribution in [3.05, 3.63) is 34.9 Å². The van der Waals surface area contributed by atoms with Crippen LogP contribution in [0.3, 0.4) is 0 Å². The molecule has 6 nitrogen and oxygen atoms in total. The number of halogens is 1. The Kier molecular flexibility index (Phi) is 7.34. The number of ether oxygens (including phenoxy) is 1. The molecular formula is C17H24ClN3O3. The molecular weight excluding hydrogens is 330 g/mol. The van der Waals surface area contributed by atoms with Gasteiger partial charge in [0.25, 0.3) is 5.91 Å². The highest BCUT2D eigenvalue weighted by atomic mass is 35.5. The summed E-state index contributed by atoms with van der Waals surface area (Å²) in [5.74, 6) is 0.125. The zero-order valence-corrected chi connectivity index (χ0v) is 14.6. The van der Waals surface area contributed by atoms with E-state index in [1.54, 1.807) is 0 Å². The van der Waals surface area contributed by atoms with E-state index in [0.717, 1.165) is 37.5 Å². The molecule has 1 aliphatic heterocycles. The maximum Gasteiger partial charge on any atom is 0.407 e. The number of hydrogen-bond acceptors (Lipinski definition) is 4. The van der Waals surface area contributed by atoms with Gasteiger partial charge in [0, 0.05) is 25.2 Å². The van der Waals surface area contributed by atoms with Gasteiger partial charge in [-0.25, -0.2) is 4.79 Å². The summed E-state index contributed by atoms with van der Waals surface area (Å²) in [6.45, 7) is 3.26. The van der Waals surface area contributed by atoms with Crippen molar-refractivity contribution >= 4 is 23.6 Å². The highest BCUT2D eigenvalue weighted by Crippen LogP contribution is 2.19. The van der Waals surface area contributed by atoms with E-state index in [9.17, 15) is 9.59 Å². The molecule has 2 amide bonds. The van der Waals surface area contributed by atoms with Crippen LogP contribution in [0.5, 0.6) is 0 Å². The molecule has 0 radical (unpaired) electrons. The first-order valence-corrected chi connectivity index (χ1v) is 8.52. The van der Waals surface area contributed by atoms with Crippen molar-refractivity contribution in [3.63, 3.8) is 0 Å². The van der Waals surface area contributed by atoms with Gasteiger partial charge >= 0.3 is 6.09 Å². The van der Waals surface area contributed by atoms with Crippen molar-refractivity contribution in [2.24, 2.45) is 5.92 Å². The second kappa shape index (κ2) is 9.49. The van der Waals surface area contributed by atoms with Gasteiger partial charge in [0.1, 0.15) is 0 Å². The lowest BCUT2D eigenvalue weighted by Crippen LogP contribution is -2.39. The average Bonchev–Trinajstić information content (AvgIpc) is 2.61. The molecule has 1 aromatic carbocycles. The van der Waals surface area contributed by atoms with E-state index in [4.69, 9.17) is 16.3 Å². The number of rotatable bonds is 6. The summed E-state index contributed by atoms with van der Waals surface area (Å²) in [6, 6.07) is 7.94. The Balaban J connectivity index is 1.63. The Morgan fingerprint density at radius 1 is 1.25 bits per heavy atom. The van der Waals surface area contributed by atoms with E-state index in [0.29, 0.717) is 12.5 Å². The smallest absolute Gasteiger partial charge is 0.407 e. The van der Waals surface area contributed by atoms with Crippen molar-refractivity contribution in [2.75, 3.05) is 33.3 Å². The van der Waals surface area contributed by atoms with Gasteiger partial charge in [-0.2, -0.15) is 0 Å². The van der Waals surface area contributed by atoms with Crippen LogP contribution < -0.4 is 10.6 Å². The van der Waals surface area contributed by atoms with Gasteiger partial charge in [0.05, 0.1) is 0 Å². The fourth-order valence-corrected chi connectivity index (χ4v) is 2.80. The Bertz CT molecular complexity index is 543. The number of alkyl carbamates (subject to hydrolysis) is 1. The average molecular weight is 354 g/mol. The molecule has 1 aromatic rings. The normalized spacial score (nSPS) is 15.8. The molecule has 2 N–H and O–H groups in total. The monoisotopic (exact) mass is 353 g/mol. The molecule has 1 heterocycles. The molecule has 0 unspecified atom stereocenters. The predicted octanol–water partition coefficient (Wildman–Crippen LogP) is 2.02. The van der Waals surface area contributed by atoms with Crippen LogP contribution in [0.2, 0.25) is 5.02 Å². The quantitative estimate of drug-likeness (QED) is 0.821. The van der Waals surface area contributed by atoms with Crippen molar-refractivity contribution < 1.29 is 14.3 Å². The van der Waals surface area contributed by atoms with Crippen LogP contribution in [0, 0.1) is 5.92 Å². The Morgan fingerprint density at radius 2 is 1.92 bits per heavy atom. The first-order chi connectivity index (χ1) is 11.6. The summed E-state index contributed by atoms with van der Waals surface area (Å²) in [7, 11) is 1.50. The number of hydrogen-bond donors (Lipinski definition) is 2. The molecule has 132 valence electrons. The van der Waals surface area contributed by atoms with Crippen molar-refractivity contribution in [3.8, 4) is 0 Å². The van der Waals surface area contributed by atoms with Crippen LogP contribution in [0.1, 0.15) is 18.4 Å². The molecule has 7 heteroatoms. The van der Waals surface area contributed by atoms with Gasteiger partial charge < -0.3 is 15.4 Å². The van der Waals surface area contributed by atoms with Crippen LogP contribution in [-0.4, -0.2) is 50.2 Å². The van der Waals surface area contributed by atoms with Crippen molar-refractivity contribution in [2.45, 2.75) is 19.4 Å². The Hall–Kier alpha value is -1.79. The second-order valence-corrected chi connectivity index (χ2v) is 6.41. The third-order valence-electron chi connectivity index (χ3n) is 4.17. The van der Waals surface area contributed by atoms with Crippen LogP contribution in [0.15, 0.2) is 24.3 Å². The largest absolute Gasteiger partial charge is 0.439 e. The second-order valence-electron chi connectivity index (χ2n) is 5.98. The standard InChI is InChI=1S/C17H24ClN3O3/c1-19-16(22)12-24-17(23)20-10-13-6-8-21(9-7-13)11-14-2-4-15(18)5-3-14/h2-5,13H,6-12H2,1H3,(H,19,22)(H,20,23). The number of likely N-dealkylation sites (tertiary alicyclic amines) is 1. The van der Waals surface area contributed by atoms with E-state index in [1.807, 2.05) is 12.1 Å². The lowest BCUT2D eigenvalue weighted by Gasteiger charge is -2.32. The minimum atomic E-state index is -0.540. The molecule has 0 atom stereocenters. The molecule has 1 aliphatic rings. The first kappa shape index (κ1) is 18.5. The van der Waals surface area contributed by atoms with Gasteiger partial charge in [-0.1, -0.05) is 23.7 Å². The number of nitrogens with zero attached hydrogens (tertiary/aromatic N) is 1. The zero-order valence-electron chi connectivity index (χ0n) is 13.9. The first-order valence-electron chi connectivity index (χ1n) is 8.15. The molecule has 0 bridgehead atoms. The number of carbonyl (C=O) groups excluding carboxylic acids is 2. The molecule has 0 aliphatic carbocycles. The van der Waals surface area contributed by atoms with Crippen LogP contribution in [0.25, 0.3) is 0 Å². The number of benzene rings is 1. The number of piperidine rings is 1. The van der Waals surface area contributed by atoms with Gasteiger partial charge in [0.15, 0.2) is 6.61 Å². The van der Waals surface area contributed by atoms with E-state index in [-0.39, 0.29) is 12.5 Å². The summed E-state index contributed by atoms with van der Waals surface area (Å²) >= 11 is 5.90. The summed E-state index contributed by atoms with van der Waals surface area (Å²) in [6.07, 6.45) is 1.52. The zero-order chi connectivity index (χ0) is 17.4. The third kappa shape index (κ3) is 6.37. The molecule has 0 spiro atoms. The van der Waals surface area contributed by atoms with Crippen LogP contribution in [-0.2, 0) is 16.1 Å². The van der Waals surface area contributed by atoms with Crippen molar-refractivity contribution in [1.29, 1.82) is 0 Å². The van der Waals surface area contributed by atoms with Gasteiger partial charge in [0.2, 0.25) is 0 Å². The summed E-state index contributed by atoms with van der Waals surface area (Å²) in [4.78, 5) is 24.9. The SMILES string of the molecule is CNC(=O)COC(=O)NCC1CCN(Cc2ccc(Cl)cc2)CC1. The highest BCUT2D eigenvalue weighted by Gasteiger charge is 2.20. The lowest BCUT2D eigenvalue weighted by molar-refractivity contribution is -0.123. The molecule has 24 heavy (non-hydrogen) atoms. The van der Waals surface area contributed by atoms with Gasteiger partial charge in [-0.05, 0) is 49.5 Å².